The summed E-state index contributed by atoms with van der Waals surface area (Å²) in [5, 5.41) is 0. The predicted octanol–water partition coefficient (Wildman–Crippen LogP) is 3.18. The number of carbonyl (C=O) groups is 1. The molecule has 3 heterocycles. The van der Waals surface area contributed by atoms with E-state index < -0.39 is 0 Å². The Labute approximate surface area is 148 Å². The highest BCUT2D eigenvalue weighted by atomic mass is 16.3. The predicted molar refractivity (Wildman–Crippen MR) is 95.8 cm³/mol. The first kappa shape index (κ1) is 16.3. The van der Waals surface area contributed by atoms with Gasteiger partial charge in [-0.1, -0.05) is 18.2 Å². The number of piperidine rings is 1. The van der Waals surface area contributed by atoms with Crippen molar-refractivity contribution in [2.24, 2.45) is 5.92 Å². The highest BCUT2D eigenvalue weighted by Crippen LogP contribution is 2.24. The van der Waals surface area contributed by atoms with E-state index in [0.717, 1.165) is 69.7 Å². The van der Waals surface area contributed by atoms with Gasteiger partial charge in [0.15, 0.2) is 0 Å². The van der Waals surface area contributed by atoms with Gasteiger partial charge in [0.05, 0.1) is 11.6 Å². The van der Waals surface area contributed by atoms with Gasteiger partial charge in [0.1, 0.15) is 6.26 Å². The molecule has 1 unspecified atom stereocenters. The number of nitrogens with zero attached hydrogens (tertiary/aromatic N) is 3. The topological polar surface area (TPSA) is 49.6 Å². The Balaban J connectivity index is 1.37. The summed E-state index contributed by atoms with van der Waals surface area (Å²) in [6, 6.07) is 9.96. The monoisotopic (exact) mass is 339 g/mol. The molecule has 0 saturated carbocycles. The van der Waals surface area contributed by atoms with Crippen LogP contribution in [-0.2, 0) is 11.3 Å². The molecule has 1 aromatic heterocycles. The van der Waals surface area contributed by atoms with E-state index in [4.69, 9.17) is 4.42 Å². The molecule has 5 nitrogen and oxygen atoms in total. The zero-order valence-electron chi connectivity index (χ0n) is 14.6. The van der Waals surface area contributed by atoms with Crippen LogP contribution in [0, 0.1) is 5.92 Å². The third-order valence-electron chi connectivity index (χ3n) is 5.23. The highest BCUT2D eigenvalue weighted by molar-refractivity contribution is 5.79. The minimum atomic E-state index is 0.146. The molecular formula is C20H25N3O2. The lowest BCUT2D eigenvalue weighted by Crippen LogP contribution is -2.43. The molecule has 4 rings (SSSR count). The van der Waals surface area contributed by atoms with Crippen LogP contribution in [0.1, 0.15) is 31.4 Å². The van der Waals surface area contributed by atoms with E-state index in [9.17, 15) is 4.79 Å². The number of aromatic nitrogens is 1. The Hall–Kier alpha value is -2.14. The molecule has 25 heavy (non-hydrogen) atoms. The Bertz CT molecular complexity index is 707. The quantitative estimate of drug-likeness (QED) is 0.858. The average Bonchev–Trinajstić information content (AvgIpc) is 3.34. The number of rotatable bonds is 4. The number of benzene rings is 1. The summed E-state index contributed by atoms with van der Waals surface area (Å²) in [6.45, 7) is 4.50. The Morgan fingerprint density at radius 2 is 1.92 bits per heavy atom. The molecule has 0 spiro atoms. The fourth-order valence-corrected chi connectivity index (χ4v) is 3.92. The van der Waals surface area contributed by atoms with E-state index in [1.807, 2.05) is 30.3 Å². The number of carbonyl (C=O) groups excluding carboxylic acids is 1. The van der Waals surface area contributed by atoms with Crippen molar-refractivity contribution in [2.45, 2.75) is 32.2 Å². The lowest BCUT2D eigenvalue weighted by molar-refractivity contribution is -0.136. The van der Waals surface area contributed by atoms with Crippen molar-refractivity contribution in [2.75, 3.05) is 26.2 Å². The van der Waals surface area contributed by atoms with Gasteiger partial charge in [-0.3, -0.25) is 9.69 Å². The lowest BCUT2D eigenvalue weighted by atomic mass is 9.96. The largest absolute Gasteiger partial charge is 0.444 e. The first-order valence-corrected chi connectivity index (χ1v) is 9.30. The molecule has 2 fully saturated rings. The molecule has 2 aliphatic heterocycles. The molecular weight excluding hydrogens is 314 g/mol. The maximum atomic E-state index is 12.7. The van der Waals surface area contributed by atoms with Gasteiger partial charge in [-0.05, 0) is 44.4 Å². The van der Waals surface area contributed by atoms with E-state index >= 15 is 0 Å². The molecule has 5 heteroatoms. The van der Waals surface area contributed by atoms with Crippen LogP contribution in [0.4, 0.5) is 0 Å². The van der Waals surface area contributed by atoms with Gasteiger partial charge in [0.2, 0.25) is 11.8 Å². The minimum Gasteiger partial charge on any atom is -0.444 e. The number of oxazole rings is 1. The molecule has 132 valence electrons. The Morgan fingerprint density at radius 3 is 2.72 bits per heavy atom. The summed E-state index contributed by atoms with van der Waals surface area (Å²) in [6.07, 6.45) is 6.15. The second kappa shape index (κ2) is 7.40. The van der Waals surface area contributed by atoms with E-state index in [0.29, 0.717) is 11.8 Å². The third-order valence-corrected chi connectivity index (χ3v) is 5.23. The van der Waals surface area contributed by atoms with Crippen molar-refractivity contribution < 1.29 is 9.21 Å². The van der Waals surface area contributed by atoms with Crippen molar-refractivity contribution in [1.82, 2.24) is 14.8 Å². The number of hydrogen-bond acceptors (Lipinski definition) is 4. The summed E-state index contributed by atoms with van der Waals surface area (Å²) in [5.74, 6) is 1.16. The first-order valence-electron chi connectivity index (χ1n) is 9.30. The van der Waals surface area contributed by atoms with Gasteiger partial charge >= 0.3 is 0 Å². The van der Waals surface area contributed by atoms with Crippen LogP contribution in [-0.4, -0.2) is 46.9 Å². The number of likely N-dealkylation sites (tertiary alicyclic amines) is 2. The normalized spacial score (nSPS) is 21.6. The molecule has 1 atom stereocenters. The van der Waals surface area contributed by atoms with Crippen LogP contribution in [0.5, 0.6) is 0 Å². The minimum absolute atomic E-state index is 0.146. The molecule has 1 amide bonds. The van der Waals surface area contributed by atoms with Crippen molar-refractivity contribution in [1.29, 1.82) is 0 Å². The lowest BCUT2D eigenvalue weighted by Gasteiger charge is -2.33. The van der Waals surface area contributed by atoms with Crippen molar-refractivity contribution in [3.05, 3.63) is 42.3 Å². The molecule has 2 saturated heterocycles. The zero-order valence-corrected chi connectivity index (χ0v) is 14.6. The molecule has 0 aliphatic carbocycles. The molecule has 1 aromatic carbocycles. The van der Waals surface area contributed by atoms with Crippen LogP contribution < -0.4 is 0 Å². The van der Waals surface area contributed by atoms with Crippen LogP contribution in [0.2, 0.25) is 0 Å². The summed E-state index contributed by atoms with van der Waals surface area (Å²) < 4.78 is 5.63. The highest BCUT2D eigenvalue weighted by Gasteiger charge is 2.30. The van der Waals surface area contributed by atoms with Crippen molar-refractivity contribution in [3.63, 3.8) is 0 Å². The van der Waals surface area contributed by atoms with Gasteiger partial charge in [-0.25, -0.2) is 4.98 Å². The summed E-state index contributed by atoms with van der Waals surface area (Å²) >= 11 is 0. The van der Waals surface area contributed by atoms with Gasteiger partial charge in [-0.2, -0.15) is 0 Å². The van der Waals surface area contributed by atoms with E-state index in [2.05, 4.69) is 14.8 Å². The third kappa shape index (κ3) is 3.76. The molecule has 0 bridgehead atoms. The van der Waals surface area contributed by atoms with Crippen molar-refractivity contribution >= 4 is 5.91 Å². The SMILES string of the molecule is O=C(C1CCCN(Cc2coc(-c3ccccc3)n2)C1)N1CCCC1. The summed E-state index contributed by atoms with van der Waals surface area (Å²) in [4.78, 5) is 21.7. The van der Waals surface area contributed by atoms with Crippen LogP contribution in [0.3, 0.4) is 0 Å². The van der Waals surface area contributed by atoms with E-state index in [-0.39, 0.29) is 5.92 Å². The number of amides is 1. The fourth-order valence-electron chi connectivity index (χ4n) is 3.92. The summed E-state index contributed by atoms with van der Waals surface area (Å²) in [5.41, 5.74) is 1.93. The maximum Gasteiger partial charge on any atom is 0.226 e. The maximum absolute atomic E-state index is 12.7. The average molecular weight is 339 g/mol. The molecule has 2 aliphatic rings. The van der Waals surface area contributed by atoms with Gasteiger partial charge in [0.25, 0.3) is 0 Å². The molecule has 0 radical (unpaired) electrons. The second-order valence-corrected chi connectivity index (χ2v) is 7.12. The number of hydrogen-bond donors (Lipinski definition) is 0. The molecule has 2 aromatic rings. The van der Waals surface area contributed by atoms with Crippen LogP contribution in [0.15, 0.2) is 41.0 Å². The standard InChI is InChI=1S/C20H25N3O2/c24-20(23-11-4-5-12-23)17-9-6-10-22(13-17)14-18-15-25-19(21-18)16-7-2-1-3-8-16/h1-3,7-8,15,17H,4-6,9-14H2. The smallest absolute Gasteiger partial charge is 0.226 e. The Morgan fingerprint density at radius 1 is 1.12 bits per heavy atom. The van der Waals surface area contributed by atoms with Crippen LogP contribution >= 0.6 is 0 Å². The van der Waals surface area contributed by atoms with E-state index in [1.54, 1.807) is 6.26 Å². The van der Waals surface area contributed by atoms with Crippen LogP contribution in [0.25, 0.3) is 11.5 Å². The van der Waals surface area contributed by atoms with Gasteiger partial charge in [-0.15, -0.1) is 0 Å². The van der Waals surface area contributed by atoms with E-state index in [1.165, 1.54) is 0 Å². The fraction of sp³-hybridized carbons (Fsp3) is 0.500. The molecule has 0 N–H and O–H groups in total. The Kier molecular flexibility index (Phi) is 4.83. The zero-order chi connectivity index (χ0) is 17.1. The summed E-state index contributed by atoms with van der Waals surface area (Å²) in [7, 11) is 0. The first-order chi connectivity index (χ1) is 12.3. The van der Waals surface area contributed by atoms with Gasteiger partial charge in [0, 0.05) is 31.7 Å². The van der Waals surface area contributed by atoms with Crippen molar-refractivity contribution in [3.8, 4) is 11.5 Å². The second-order valence-electron chi connectivity index (χ2n) is 7.12. The van der Waals surface area contributed by atoms with Gasteiger partial charge < -0.3 is 9.32 Å².